The lowest BCUT2D eigenvalue weighted by molar-refractivity contribution is -0.140. The quantitative estimate of drug-likeness (QED) is 0.754. The van der Waals surface area contributed by atoms with E-state index in [4.69, 9.17) is 0 Å². The van der Waals surface area contributed by atoms with Gasteiger partial charge in [0.15, 0.2) is 0 Å². The van der Waals surface area contributed by atoms with Crippen LogP contribution in [0, 0.1) is 24.6 Å². The molecule has 7 heteroatoms. The van der Waals surface area contributed by atoms with Gasteiger partial charge in [-0.05, 0) is 62.9 Å². The fourth-order valence-electron chi connectivity index (χ4n) is 5.30. The Bertz CT molecular complexity index is 818. The van der Waals surface area contributed by atoms with Gasteiger partial charge in [0.05, 0.1) is 5.92 Å². The summed E-state index contributed by atoms with van der Waals surface area (Å²) in [6.45, 7) is 8.49. The summed E-state index contributed by atoms with van der Waals surface area (Å²) >= 11 is 0. The minimum atomic E-state index is -0.330. The lowest BCUT2D eigenvalue weighted by Crippen LogP contribution is -2.54. The molecule has 1 aromatic carbocycles. The molecule has 1 saturated carbocycles. The Morgan fingerprint density at radius 1 is 1.16 bits per heavy atom. The SMILES string of the molecule is Cc1c(CN2CCN(C(=O)C3CCCC3)C(C)C2)cc(F)cc1NC(=O)C1CCNC1. The van der Waals surface area contributed by atoms with Crippen LogP contribution in [0.25, 0.3) is 0 Å². The number of halogens is 1. The molecule has 3 fully saturated rings. The van der Waals surface area contributed by atoms with E-state index in [1.54, 1.807) is 6.07 Å². The largest absolute Gasteiger partial charge is 0.337 e. The number of carbonyl (C=O) groups is 2. The normalized spacial score (nSPS) is 25.2. The van der Waals surface area contributed by atoms with Gasteiger partial charge in [0.2, 0.25) is 11.8 Å². The number of piperazine rings is 1. The third kappa shape index (κ3) is 5.09. The zero-order chi connectivity index (χ0) is 22.0. The van der Waals surface area contributed by atoms with E-state index in [-0.39, 0.29) is 29.6 Å². The van der Waals surface area contributed by atoms with E-state index in [0.29, 0.717) is 24.7 Å². The second-order valence-electron chi connectivity index (χ2n) is 9.51. The predicted octanol–water partition coefficient (Wildman–Crippen LogP) is 2.91. The van der Waals surface area contributed by atoms with Gasteiger partial charge in [-0.2, -0.15) is 0 Å². The first-order valence-corrected chi connectivity index (χ1v) is 11.8. The first-order chi connectivity index (χ1) is 14.9. The van der Waals surface area contributed by atoms with Crippen LogP contribution < -0.4 is 10.6 Å². The molecule has 2 N–H and O–H groups in total. The smallest absolute Gasteiger partial charge is 0.228 e. The summed E-state index contributed by atoms with van der Waals surface area (Å²) in [5.74, 6) is 0.0944. The van der Waals surface area contributed by atoms with Gasteiger partial charge < -0.3 is 15.5 Å². The van der Waals surface area contributed by atoms with Crippen LogP contribution in [-0.4, -0.2) is 60.4 Å². The van der Waals surface area contributed by atoms with Gasteiger partial charge in [-0.1, -0.05) is 12.8 Å². The molecule has 4 rings (SSSR count). The Hall–Kier alpha value is -1.99. The van der Waals surface area contributed by atoms with Crippen LogP contribution in [0.2, 0.25) is 0 Å². The highest BCUT2D eigenvalue weighted by Gasteiger charge is 2.33. The molecule has 0 radical (unpaired) electrons. The van der Waals surface area contributed by atoms with Crippen molar-refractivity contribution in [2.24, 2.45) is 11.8 Å². The second-order valence-corrected chi connectivity index (χ2v) is 9.51. The summed E-state index contributed by atoms with van der Waals surface area (Å²) in [7, 11) is 0. The van der Waals surface area contributed by atoms with Crippen molar-refractivity contribution in [2.75, 3.05) is 38.0 Å². The molecule has 2 unspecified atom stereocenters. The minimum absolute atomic E-state index is 0.0442. The number of rotatable bonds is 5. The van der Waals surface area contributed by atoms with Crippen molar-refractivity contribution in [3.05, 3.63) is 29.1 Å². The van der Waals surface area contributed by atoms with Crippen molar-refractivity contribution >= 4 is 17.5 Å². The molecule has 2 saturated heterocycles. The van der Waals surface area contributed by atoms with E-state index in [9.17, 15) is 14.0 Å². The van der Waals surface area contributed by atoms with Crippen molar-refractivity contribution < 1.29 is 14.0 Å². The average Bonchev–Trinajstić information content (AvgIpc) is 3.45. The first-order valence-electron chi connectivity index (χ1n) is 11.8. The number of nitrogens with one attached hydrogen (secondary N) is 2. The fraction of sp³-hybridized carbons (Fsp3) is 0.667. The summed E-state index contributed by atoms with van der Waals surface area (Å²) in [5.41, 5.74) is 2.37. The molecular weight excluding hydrogens is 395 g/mol. The third-order valence-electron chi connectivity index (χ3n) is 7.26. The Morgan fingerprint density at radius 2 is 1.94 bits per heavy atom. The molecule has 31 heavy (non-hydrogen) atoms. The summed E-state index contributed by atoms with van der Waals surface area (Å²) in [4.78, 5) is 29.7. The van der Waals surface area contributed by atoms with E-state index >= 15 is 0 Å². The molecule has 2 amide bonds. The van der Waals surface area contributed by atoms with Gasteiger partial charge in [0, 0.05) is 50.4 Å². The van der Waals surface area contributed by atoms with Gasteiger partial charge in [0.1, 0.15) is 5.82 Å². The molecule has 6 nitrogen and oxygen atoms in total. The standard InChI is InChI=1S/C24H35FN4O2/c1-16-14-28(9-10-29(16)24(31)18-5-3-4-6-18)15-20-11-21(25)12-22(17(20)2)27-23(30)19-7-8-26-13-19/h11-12,16,18-19,26H,3-10,13-15H2,1-2H3,(H,27,30). The molecule has 2 aliphatic heterocycles. The van der Waals surface area contributed by atoms with Crippen molar-refractivity contribution in [1.82, 2.24) is 15.1 Å². The molecule has 0 aromatic heterocycles. The highest BCUT2D eigenvalue weighted by Crippen LogP contribution is 2.29. The van der Waals surface area contributed by atoms with E-state index < -0.39 is 0 Å². The number of benzene rings is 1. The summed E-state index contributed by atoms with van der Waals surface area (Å²) in [6.07, 6.45) is 5.20. The molecule has 170 valence electrons. The highest BCUT2D eigenvalue weighted by molar-refractivity contribution is 5.93. The molecule has 3 aliphatic rings. The van der Waals surface area contributed by atoms with E-state index in [1.807, 2.05) is 11.8 Å². The summed E-state index contributed by atoms with van der Waals surface area (Å²) < 4.78 is 14.4. The molecule has 0 spiro atoms. The Balaban J connectivity index is 1.39. The van der Waals surface area contributed by atoms with Crippen molar-refractivity contribution in [3.63, 3.8) is 0 Å². The third-order valence-corrected chi connectivity index (χ3v) is 7.26. The zero-order valence-corrected chi connectivity index (χ0v) is 18.8. The Morgan fingerprint density at radius 3 is 2.61 bits per heavy atom. The second kappa shape index (κ2) is 9.65. The van der Waals surface area contributed by atoms with Crippen molar-refractivity contribution in [2.45, 2.75) is 58.5 Å². The summed E-state index contributed by atoms with van der Waals surface area (Å²) in [6, 6.07) is 3.15. The van der Waals surface area contributed by atoms with Crippen LogP contribution in [-0.2, 0) is 16.1 Å². The lowest BCUT2D eigenvalue weighted by Gasteiger charge is -2.41. The van der Waals surface area contributed by atoms with E-state index in [1.165, 1.54) is 18.9 Å². The number of anilines is 1. The molecule has 0 bridgehead atoms. The van der Waals surface area contributed by atoms with Crippen LogP contribution >= 0.6 is 0 Å². The van der Waals surface area contributed by atoms with Crippen LogP contribution in [0.5, 0.6) is 0 Å². The average molecular weight is 431 g/mol. The summed E-state index contributed by atoms with van der Waals surface area (Å²) in [5, 5.41) is 6.14. The molecule has 1 aromatic rings. The minimum Gasteiger partial charge on any atom is -0.337 e. The van der Waals surface area contributed by atoms with E-state index in [0.717, 1.165) is 56.6 Å². The number of amides is 2. The number of carbonyl (C=O) groups excluding carboxylic acids is 2. The molecule has 2 atom stereocenters. The lowest BCUT2D eigenvalue weighted by atomic mass is 10.0. The maximum Gasteiger partial charge on any atom is 0.228 e. The zero-order valence-electron chi connectivity index (χ0n) is 18.8. The fourth-order valence-corrected chi connectivity index (χ4v) is 5.30. The maximum absolute atomic E-state index is 14.4. The number of hydrogen-bond acceptors (Lipinski definition) is 4. The van der Waals surface area contributed by atoms with Gasteiger partial charge >= 0.3 is 0 Å². The van der Waals surface area contributed by atoms with Crippen LogP contribution in [0.3, 0.4) is 0 Å². The van der Waals surface area contributed by atoms with Gasteiger partial charge in [0.25, 0.3) is 0 Å². The van der Waals surface area contributed by atoms with Crippen molar-refractivity contribution in [1.29, 1.82) is 0 Å². The van der Waals surface area contributed by atoms with Gasteiger partial charge in [-0.3, -0.25) is 14.5 Å². The van der Waals surface area contributed by atoms with Crippen LogP contribution in [0.15, 0.2) is 12.1 Å². The van der Waals surface area contributed by atoms with Crippen LogP contribution in [0.4, 0.5) is 10.1 Å². The number of nitrogens with zero attached hydrogens (tertiary/aromatic N) is 2. The number of hydrogen-bond donors (Lipinski definition) is 2. The molecule has 2 heterocycles. The Kier molecular flexibility index (Phi) is 6.92. The van der Waals surface area contributed by atoms with Gasteiger partial charge in [-0.15, -0.1) is 0 Å². The topological polar surface area (TPSA) is 64.7 Å². The highest BCUT2D eigenvalue weighted by atomic mass is 19.1. The predicted molar refractivity (Wildman–Crippen MR) is 119 cm³/mol. The first kappa shape index (κ1) is 22.2. The van der Waals surface area contributed by atoms with Gasteiger partial charge in [-0.25, -0.2) is 4.39 Å². The van der Waals surface area contributed by atoms with Crippen LogP contribution in [0.1, 0.15) is 50.2 Å². The van der Waals surface area contributed by atoms with E-state index in [2.05, 4.69) is 22.5 Å². The maximum atomic E-state index is 14.4. The van der Waals surface area contributed by atoms with Crippen molar-refractivity contribution in [3.8, 4) is 0 Å². The monoisotopic (exact) mass is 430 g/mol. The molecule has 1 aliphatic carbocycles. The Labute approximate surface area is 184 Å². The molecular formula is C24H35FN4O2.